The maximum Gasteiger partial charge on any atom is 0.416 e. The first kappa shape index (κ1) is 17.0. The largest absolute Gasteiger partial charge is 0.416 e. The molecular formula is C13H14F3N3O4. The van der Waals surface area contributed by atoms with E-state index in [0.29, 0.717) is 0 Å². The third-order valence-corrected chi connectivity index (χ3v) is 3.23. The fourth-order valence-electron chi connectivity index (χ4n) is 1.79. The number of carbonyl (C=O) groups is 1. The second-order valence-electron chi connectivity index (χ2n) is 5.18. The number of aliphatic hydroxyl groups excluding tert-OH is 1. The first-order valence-electron chi connectivity index (χ1n) is 6.76. The van der Waals surface area contributed by atoms with E-state index in [9.17, 15) is 28.1 Å². The molecule has 1 atom stereocenters. The molecule has 1 saturated carbocycles. The van der Waals surface area contributed by atoms with Gasteiger partial charge in [-0.2, -0.15) is 13.2 Å². The molecule has 23 heavy (non-hydrogen) atoms. The van der Waals surface area contributed by atoms with E-state index in [1.807, 2.05) is 0 Å². The van der Waals surface area contributed by atoms with Gasteiger partial charge in [0.05, 0.1) is 4.92 Å². The van der Waals surface area contributed by atoms with E-state index in [2.05, 4.69) is 10.6 Å². The maximum atomic E-state index is 12.2. The van der Waals surface area contributed by atoms with Crippen LogP contribution in [0.4, 0.5) is 24.5 Å². The van der Waals surface area contributed by atoms with Crippen molar-refractivity contribution in [3.8, 4) is 0 Å². The van der Waals surface area contributed by atoms with Gasteiger partial charge in [0.2, 0.25) is 0 Å². The number of nitrogens with zero attached hydrogens (tertiary/aromatic N) is 1. The van der Waals surface area contributed by atoms with E-state index in [4.69, 9.17) is 5.11 Å². The number of amides is 1. The van der Waals surface area contributed by atoms with Crippen LogP contribution in [0.1, 0.15) is 23.2 Å². The van der Waals surface area contributed by atoms with Crippen molar-refractivity contribution in [2.75, 3.05) is 11.9 Å². The van der Waals surface area contributed by atoms with Gasteiger partial charge >= 0.3 is 6.18 Å². The van der Waals surface area contributed by atoms with Crippen LogP contribution >= 0.6 is 0 Å². The zero-order chi connectivity index (χ0) is 17.2. The molecule has 0 aromatic heterocycles. The van der Waals surface area contributed by atoms with Crippen LogP contribution in [0.25, 0.3) is 0 Å². The van der Waals surface area contributed by atoms with Crippen LogP contribution in [-0.4, -0.2) is 40.8 Å². The second-order valence-corrected chi connectivity index (χ2v) is 5.18. The number of hydrogen-bond donors (Lipinski definition) is 3. The summed E-state index contributed by atoms with van der Waals surface area (Å²) < 4.78 is 36.7. The van der Waals surface area contributed by atoms with Crippen LogP contribution in [0.3, 0.4) is 0 Å². The molecular weight excluding hydrogens is 319 g/mol. The first-order valence-corrected chi connectivity index (χ1v) is 6.76. The minimum absolute atomic E-state index is 0.0468. The fourth-order valence-corrected chi connectivity index (χ4v) is 1.79. The smallest absolute Gasteiger partial charge is 0.382 e. The number of alkyl halides is 3. The summed E-state index contributed by atoms with van der Waals surface area (Å²) in [7, 11) is 0. The summed E-state index contributed by atoms with van der Waals surface area (Å²) in [5.41, 5.74) is -0.699. The number of anilines is 1. The fraction of sp³-hybridized carbons (Fsp3) is 0.462. The summed E-state index contributed by atoms with van der Waals surface area (Å²) in [4.78, 5) is 22.0. The van der Waals surface area contributed by atoms with E-state index < -0.39 is 35.3 Å². The number of hydrogen-bond acceptors (Lipinski definition) is 5. The Hall–Kier alpha value is -2.36. The molecule has 1 aromatic carbocycles. The Balaban J connectivity index is 2.12. The molecule has 0 saturated heterocycles. The number of carbonyl (C=O) groups excluding carboxylic acids is 1. The monoisotopic (exact) mass is 333 g/mol. The Morgan fingerprint density at radius 1 is 1.43 bits per heavy atom. The summed E-state index contributed by atoms with van der Waals surface area (Å²) in [6.07, 6.45) is -5.78. The van der Waals surface area contributed by atoms with E-state index in [1.54, 1.807) is 0 Å². The van der Waals surface area contributed by atoms with E-state index in [-0.39, 0.29) is 17.3 Å². The number of nitro benzene ring substituents is 1. The molecule has 1 fully saturated rings. The lowest BCUT2D eigenvalue weighted by atomic mass is 10.1. The lowest BCUT2D eigenvalue weighted by Crippen LogP contribution is -2.35. The molecule has 3 N–H and O–H groups in total. The van der Waals surface area contributed by atoms with Crippen molar-refractivity contribution >= 4 is 17.3 Å². The lowest BCUT2D eigenvalue weighted by Gasteiger charge is -2.16. The molecule has 0 radical (unpaired) electrons. The highest BCUT2D eigenvalue weighted by atomic mass is 19.4. The average Bonchev–Trinajstić information content (AvgIpc) is 3.27. The molecule has 0 spiro atoms. The topological polar surface area (TPSA) is 104 Å². The molecule has 10 heteroatoms. The van der Waals surface area contributed by atoms with Crippen molar-refractivity contribution in [3.63, 3.8) is 0 Å². The Morgan fingerprint density at radius 3 is 2.61 bits per heavy atom. The Morgan fingerprint density at radius 2 is 2.09 bits per heavy atom. The first-order chi connectivity index (χ1) is 10.7. The Bertz CT molecular complexity index is 617. The molecule has 7 nitrogen and oxygen atoms in total. The second kappa shape index (κ2) is 6.41. The zero-order valence-electron chi connectivity index (χ0n) is 11.8. The highest BCUT2D eigenvalue weighted by Crippen LogP contribution is 2.28. The predicted octanol–water partition coefficient (Wildman–Crippen LogP) is 1.82. The number of nitrogens with one attached hydrogen (secondary N) is 2. The van der Waals surface area contributed by atoms with Gasteiger partial charge < -0.3 is 15.7 Å². The Kier molecular flexibility index (Phi) is 4.73. The molecule has 2 rings (SSSR count). The standard InChI is InChI=1S/C13H14F3N3O4/c14-13(15,16)11(20)6-17-9-4-1-7(5-10(9)19(22)23)12(21)18-8-2-3-8/h1,4-5,8,11,17,20H,2-3,6H2,(H,18,21)/t11-/m0/s1. The van der Waals surface area contributed by atoms with Crippen LogP contribution < -0.4 is 10.6 Å². The molecule has 1 aromatic rings. The molecule has 1 aliphatic rings. The number of benzene rings is 1. The molecule has 0 aliphatic heterocycles. The third-order valence-electron chi connectivity index (χ3n) is 3.23. The van der Waals surface area contributed by atoms with E-state index >= 15 is 0 Å². The number of rotatable bonds is 6. The highest BCUT2D eigenvalue weighted by molar-refractivity contribution is 5.96. The minimum atomic E-state index is -4.83. The van der Waals surface area contributed by atoms with Crippen LogP contribution in [0.5, 0.6) is 0 Å². The van der Waals surface area contributed by atoms with Gasteiger partial charge in [-0.25, -0.2) is 0 Å². The van der Waals surface area contributed by atoms with Crippen molar-refractivity contribution in [1.82, 2.24) is 5.32 Å². The van der Waals surface area contributed by atoms with Gasteiger partial charge in [0.15, 0.2) is 6.10 Å². The molecule has 126 valence electrons. The normalized spacial score (nSPS) is 15.8. The number of aliphatic hydroxyl groups is 1. The van der Waals surface area contributed by atoms with Crippen molar-refractivity contribution in [2.24, 2.45) is 0 Å². The summed E-state index contributed by atoms with van der Waals surface area (Å²) in [5.74, 6) is -0.475. The molecule has 0 bridgehead atoms. The number of halogens is 3. The Labute approximate surface area is 128 Å². The summed E-state index contributed by atoms with van der Waals surface area (Å²) in [5, 5.41) is 24.8. The third kappa shape index (κ3) is 4.55. The lowest BCUT2D eigenvalue weighted by molar-refractivity contribution is -0.384. The van der Waals surface area contributed by atoms with Crippen LogP contribution in [0.15, 0.2) is 18.2 Å². The molecule has 1 aliphatic carbocycles. The van der Waals surface area contributed by atoms with Gasteiger partial charge in [0, 0.05) is 24.2 Å². The van der Waals surface area contributed by atoms with Gasteiger partial charge in [-0.15, -0.1) is 0 Å². The van der Waals surface area contributed by atoms with Crippen LogP contribution in [-0.2, 0) is 0 Å². The minimum Gasteiger partial charge on any atom is -0.382 e. The molecule has 0 heterocycles. The SMILES string of the molecule is O=C(NC1CC1)c1ccc(NC[C@H](O)C(F)(F)F)c([N+](=O)[O-])c1. The zero-order valence-corrected chi connectivity index (χ0v) is 11.8. The number of nitro groups is 1. The van der Waals surface area contributed by atoms with Gasteiger partial charge in [-0.05, 0) is 25.0 Å². The summed E-state index contributed by atoms with van der Waals surface area (Å²) in [6.45, 7) is -0.933. The summed E-state index contributed by atoms with van der Waals surface area (Å²) in [6, 6.07) is 3.47. The van der Waals surface area contributed by atoms with E-state index in [0.717, 1.165) is 25.0 Å². The molecule has 1 amide bonds. The van der Waals surface area contributed by atoms with Gasteiger partial charge in [0.1, 0.15) is 5.69 Å². The maximum absolute atomic E-state index is 12.2. The van der Waals surface area contributed by atoms with Crippen LogP contribution in [0, 0.1) is 10.1 Å². The van der Waals surface area contributed by atoms with Gasteiger partial charge in [0.25, 0.3) is 11.6 Å². The summed E-state index contributed by atoms with van der Waals surface area (Å²) >= 11 is 0. The van der Waals surface area contributed by atoms with Gasteiger partial charge in [-0.3, -0.25) is 14.9 Å². The van der Waals surface area contributed by atoms with Crippen molar-refractivity contribution in [3.05, 3.63) is 33.9 Å². The average molecular weight is 333 g/mol. The highest BCUT2D eigenvalue weighted by Gasteiger charge is 2.38. The van der Waals surface area contributed by atoms with Crippen molar-refractivity contribution in [1.29, 1.82) is 0 Å². The van der Waals surface area contributed by atoms with Crippen molar-refractivity contribution < 1.29 is 28.0 Å². The van der Waals surface area contributed by atoms with E-state index in [1.165, 1.54) is 6.07 Å². The van der Waals surface area contributed by atoms with Crippen LogP contribution in [0.2, 0.25) is 0 Å². The van der Waals surface area contributed by atoms with Crippen molar-refractivity contribution in [2.45, 2.75) is 31.2 Å². The quantitative estimate of drug-likeness (QED) is 0.544. The molecule has 0 unspecified atom stereocenters. The van der Waals surface area contributed by atoms with Gasteiger partial charge in [-0.1, -0.05) is 0 Å². The predicted molar refractivity (Wildman–Crippen MR) is 74.1 cm³/mol.